The van der Waals surface area contributed by atoms with E-state index in [2.05, 4.69) is 20.2 Å². The summed E-state index contributed by atoms with van der Waals surface area (Å²) in [5, 5.41) is 9.32. The van der Waals surface area contributed by atoms with E-state index in [0.717, 1.165) is 34.9 Å². The van der Waals surface area contributed by atoms with Crippen molar-refractivity contribution >= 4 is 17.2 Å². The Bertz CT molecular complexity index is 836. The van der Waals surface area contributed by atoms with Crippen LogP contribution in [0.3, 0.4) is 0 Å². The second-order valence-electron chi connectivity index (χ2n) is 6.02. The van der Waals surface area contributed by atoms with Crippen LogP contribution in [0.1, 0.15) is 40.6 Å². The number of nitrogens with one attached hydrogen (secondary N) is 1. The van der Waals surface area contributed by atoms with E-state index >= 15 is 0 Å². The molecule has 0 radical (unpaired) electrons. The van der Waals surface area contributed by atoms with Crippen molar-refractivity contribution in [3.05, 3.63) is 53.1 Å². The molecule has 1 N–H and O–H groups in total. The molecule has 0 saturated heterocycles. The average molecular weight is 339 g/mol. The quantitative estimate of drug-likeness (QED) is 0.775. The number of H-pyrrole nitrogens is 1. The van der Waals surface area contributed by atoms with E-state index in [1.54, 1.807) is 35.7 Å². The van der Waals surface area contributed by atoms with Gasteiger partial charge in [-0.1, -0.05) is 6.07 Å². The molecule has 4 rings (SSSR count). The molecule has 0 bridgehead atoms. The number of aromatic nitrogens is 4. The fourth-order valence-electron chi connectivity index (χ4n) is 2.54. The molecule has 3 aromatic rings. The molecule has 3 aromatic heterocycles. The van der Waals surface area contributed by atoms with E-state index in [1.165, 1.54) is 0 Å². The molecule has 0 atom stereocenters. The number of nitrogens with zero attached hydrogens (tertiary/aromatic N) is 4. The topological polar surface area (TPSA) is 74.8 Å². The minimum atomic E-state index is -0.0929. The lowest BCUT2D eigenvalue weighted by molar-refractivity contribution is 0.0782. The minimum absolute atomic E-state index is 0.0929. The van der Waals surface area contributed by atoms with Crippen LogP contribution in [0.4, 0.5) is 0 Å². The van der Waals surface area contributed by atoms with Gasteiger partial charge in [-0.25, -0.2) is 9.97 Å². The van der Waals surface area contributed by atoms with Crippen molar-refractivity contribution in [1.29, 1.82) is 0 Å². The molecule has 7 heteroatoms. The third-order valence-corrected chi connectivity index (χ3v) is 4.91. The van der Waals surface area contributed by atoms with Gasteiger partial charge in [0.2, 0.25) is 0 Å². The van der Waals surface area contributed by atoms with E-state index < -0.39 is 0 Å². The number of hydrogen-bond acceptors (Lipinski definition) is 5. The zero-order valence-electron chi connectivity index (χ0n) is 13.3. The minimum Gasteiger partial charge on any atom is -0.336 e. The Hall–Kier alpha value is -2.54. The molecule has 3 heterocycles. The van der Waals surface area contributed by atoms with Gasteiger partial charge in [0.25, 0.3) is 5.91 Å². The molecular weight excluding hydrogens is 322 g/mol. The predicted molar refractivity (Wildman–Crippen MR) is 91.7 cm³/mol. The van der Waals surface area contributed by atoms with Crippen molar-refractivity contribution in [3.8, 4) is 10.6 Å². The maximum atomic E-state index is 12.5. The van der Waals surface area contributed by atoms with Crippen LogP contribution in [0.5, 0.6) is 0 Å². The zero-order chi connectivity index (χ0) is 16.5. The maximum absolute atomic E-state index is 12.5. The molecule has 0 aliphatic heterocycles. The van der Waals surface area contributed by atoms with Crippen molar-refractivity contribution in [2.45, 2.75) is 25.3 Å². The third-order valence-electron chi connectivity index (χ3n) is 4.02. The van der Waals surface area contributed by atoms with E-state index in [-0.39, 0.29) is 5.91 Å². The smallest absolute Gasteiger partial charge is 0.257 e. The summed E-state index contributed by atoms with van der Waals surface area (Å²) in [6.45, 7) is 0.460. The lowest BCUT2D eigenvalue weighted by Gasteiger charge is -2.15. The second kappa shape index (κ2) is 6.16. The summed E-state index contributed by atoms with van der Waals surface area (Å²) in [6.07, 6.45) is 5.56. The second-order valence-corrected chi connectivity index (χ2v) is 6.97. The number of aromatic amines is 1. The summed E-state index contributed by atoms with van der Waals surface area (Å²) in [5.41, 5.74) is 2.31. The number of rotatable bonds is 5. The maximum Gasteiger partial charge on any atom is 0.257 e. The molecule has 6 nitrogen and oxygen atoms in total. The van der Waals surface area contributed by atoms with Gasteiger partial charge in [-0.15, -0.1) is 11.3 Å². The first kappa shape index (κ1) is 15.0. The van der Waals surface area contributed by atoms with Crippen LogP contribution in [0, 0.1) is 0 Å². The molecule has 1 aliphatic carbocycles. The molecule has 0 unspecified atom stereocenters. The van der Waals surface area contributed by atoms with Crippen LogP contribution in [0.2, 0.25) is 0 Å². The van der Waals surface area contributed by atoms with Crippen LogP contribution in [-0.2, 0) is 6.54 Å². The monoisotopic (exact) mass is 339 g/mol. The van der Waals surface area contributed by atoms with E-state index in [1.807, 2.05) is 23.6 Å². The highest BCUT2D eigenvalue weighted by molar-refractivity contribution is 7.13. The van der Waals surface area contributed by atoms with E-state index in [9.17, 15) is 4.79 Å². The van der Waals surface area contributed by atoms with Crippen LogP contribution < -0.4 is 0 Å². The number of hydrogen-bond donors (Lipinski definition) is 1. The van der Waals surface area contributed by atoms with Gasteiger partial charge in [-0.05, 0) is 30.4 Å². The molecule has 1 fully saturated rings. The summed E-state index contributed by atoms with van der Waals surface area (Å²) in [4.78, 5) is 23.9. The number of thiophene rings is 1. The van der Waals surface area contributed by atoms with Gasteiger partial charge in [0.15, 0.2) is 0 Å². The zero-order valence-corrected chi connectivity index (χ0v) is 14.1. The summed E-state index contributed by atoms with van der Waals surface area (Å²) in [7, 11) is 1.77. The molecule has 0 aromatic carbocycles. The van der Waals surface area contributed by atoms with Crippen molar-refractivity contribution in [2.24, 2.45) is 0 Å². The normalized spacial score (nSPS) is 13.9. The first-order chi connectivity index (χ1) is 11.7. The van der Waals surface area contributed by atoms with Gasteiger partial charge in [0.05, 0.1) is 22.7 Å². The Morgan fingerprint density at radius 1 is 1.38 bits per heavy atom. The largest absolute Gasteiger partial charge is 0.336 e. The summed E-state index contributed by atoms with van der Waals surface area (Å²) in [5.74, 6) is 1.25. The van der Waals surface area contributed by atoms with Crippen molar-refractivity contribution < 1.29 is 4.79 Å². The standard InChI is InChI=1S/C17H17N5OS/c1-22(10-13-7-14(21-20-13)15-3-2-6-24-15)17(23)12-8-18-16(19-9-12)11-4-5-11/h2-3,6-9,11H,4-5,10H2,1H3,(H,20,21). The molecule has 24 heavy (non-hydrogen) atoms. The Kier molecular flexibility index (Phi) is 3.86. The summed E-state index contributed by atoms with van der Waals surface area (Å²) < 4.78 is 0. The van der Waals surface area contributed by atoms with Gasteiger partial charge in [0, 0.05) is 25.4 Å². The number of amides is 1. The molecule has 122 valence electrons. The van der Waals surface area contributed by atoms with Crippen LogP contribution in [0.25, 0.3) is 10.6 Å². The molecule has 0 spiro atoms. The molecular formula is C17H17N5OS. The van der Waals surface area contributed by atoms with Crippen LogP contribution in [-0.4, -0.2) is 38.0 Å². The Balaban J connectivity index is 1.43. The molecule has 1 amide bonds. The number of carbonyl (C=O) groups excluding carboxylic acids is 1. The molecule has 1 saturated carbocycles. The summed E-state index contributed by atoms with van der Waals surface area (Å²) in [6, 6.07) is 6.00. The van der Waals surface area contributed by atoms with Gasteiger partial charge in [-0.2, -0.15) is 5.10 Å². The van der Waals surface area contributed by atoms with Crippen molar-refractivity contribution in [3.63, 3.8) is 0 Å². The summed E-state index contributed by atoms with van der Waals surface area (Å²) >= 11 is 1.64. The highest BCUT2D eigenvalue weighted by atomic mass is 32.1. The van der Waals surface area contributed by atoms with Crippen LogP contribution in [0.15, 0.2) is 36.0 Å². The third kappa shape index (κ3) is 3.07. The van der Waals surface area contributed by atoms with Gasteiger partial charge < -0.3 is 4.90 Å². The SMILES string of the molecule is CN(Cc1cc(-c2cccs2)n[nH]1)C(=O)c1cnc(C2CC2)nc1. The lowest BCUT2D eigenvalue weighted by Crippen LogP contribution is -2.26. The van der Waals surface area contributed by atoms with Gasteiger partial charge >= 0.3 is 0 Å². The first-order valence-electron chi connectivity index (χ1n) is 7.86. The highest BCUT2D eigenvalue weighted by Gasteiger charge is 2.26. The lowest BCUT2D eigenvalue weighted by atomic mass is 10.2. The van der Waals surface area contributed by atoms with Crippen LogP contribution >= 0.6 is 11.3 Å². The first-order valence-corrected chi connectivity index (χ1v) is 8.74. The fraction of sp³-hybridized carbons (Fsp3) is 0.294. The Labute approximate surface area is 143 Å². The van der Waals surface area contributed by atoms with E-state index in [0.29, 0.717) is 18.0 Å². The molecule has 1 aliphatic rings. The van der Waals surface area contributed by atoms with Gasteiger partial charge in [0.1, 0.15) is 11.5 Å². The van der Waals surface area contributed by atoms with Crippen molar-refractivity contribution in [2.75, 3.05) is 7.05 Å². The van der Waals surface area contributed by atoms with E-state index in [4.69, 9.17) is 0 Å². The Morgan fingerprint density at radius 3 is 2.83 bits per heavy atom. The Morgan fingerprint density at radius 2 is 2.17 bits per heavy atom. The van der Waals surface area contributed by atoms with Crippen molar-refractivity contribution in [1.82, 2.24) is 25.1 Å². The van der Waals surface area contributed by atoms with Gasteiger partial charge in [-0.3, -0.25) is 9.89 Å². The number of carbonyl (C=O) groups is 1. The average Bonchev–Trinajstić information content (AvgIpc) is 3.10. The predicted octanol–water partition coefficient (Wildman–Crippen LogP) is 3.08. The highest BCUT2D eigenvalue weighted by Crippen LogP contribution is 2.37. The fourth-order valence-corrected chi connectivity index (χ4v) is 3.23.